The lowest BCUT2D eigenvalue weighted by molar-refractivity contribution is 0.0702. The van der Waals surface area contributed by atoms with Gasteiger partial charge in [0.1, 0.15) is 5.75 Å². The highest BCUT2D eigenvalue weighted by Crippen LogP contribution is 2.24. The van der Waals surface area contributed by atoms with Gasteiger partial charge in [-0.3, -0.25) is 0 Å². The monoisotopic (exact) mass is 259 g/mol. The lowest BCUT2D eigenvalue weighted by Crippen LogP contribution is -2.11. The molecule has 0 fully saturated rings. The molecule has 0 amide bonds. The highest BCUT2D eigenvalue weighted by molar-refractivity contribution is 5.88. The third-order valence-electron chi connectivity index (χ3n) is 2.76. The van der Waals surface area contributed by atoms with E-state index in [0.717, 1.165) is 0 Å². The van der Waals surface area contributed by atoms with Gasteiger partial charge in [0.2, 0.25) is 5.76 Å². The fourth-order valence-electron chi connectivity index (χ4n) is 1.64. The van der Waals surface area contributed by atoms with E-state index in [1.165, 1.54) is 17.7 Å². The number of esters is 1. The smallest absolute Gasteiger partial charge is 0.379 e. The average molecular weight is 259 g/mol. The van der Waals surface area contributed by atoms with E-state index in [0.29, 0.717) is 5.75 Å². The molecule has 4 nitrogen and oxygen atoms in total. The van der Waals surface area contributed by atoms with Crippen LogP contribution < -0.4 is 10.5 Å². The number of nitrogen functional groups attached to an aromatic ring is 1. The molecule has 1 aromatic carbocycles. The van der Waals surface area contributed by atoms with Gasteiger partial charge in [-0.05, 0) is 29.2 Å². The number of ether oxygens (including phenoxy) is 1. The van der Waals surface area contributed by atoms with Crippen molar-refractivity contribution in [3.63, 3.8) is 0 Å². The van der Waals surface area contributed by atoms with Crippen LogP contribution in [-0.4, -0.2) is 5.97 Å². The van der Waals surface area contributed by atoms with Crippen molar-refractivity contribution in [2.75, 3.05) is 5.73 Å². The number of carbonyl (C=O) groups excluding carboxylic acids is 1. The van der Waals surface area contributed by atoms with Crippen LogP contribution in [0.4, 0.5) is 5.88 Å². The van der Waals surface area contributed by atoms with Gasteiger partial charge >= 0.3 is 5.97 Å². The normalized spacial score (nSPS) is 11.3. The van der Waals surface area contributed by atoms with E-state index < -0.39 is 5.97 Å². The number of carbonyl (C=O) groups is 1. The molecule has 0 aliphatic heterocycles. The lowest BCUT2D eigenvalue weighted by atomic mass is 9.87. The molecule has 2 N–H and O–H groups in total. The summed E-state index contributed by atoms with van der Waals surface area (Å²) in [6, 6.07) is 10.4. The molecule has 0 unspecified atom stereocenters. The summed E-state index contributed by atoms with van der Waals surface area (Å²) >= 11 is 0. The molecule has 4 heteroatoms. The molecule has 100 valence electrons. The van der Waals surface area contributed by atoms with Gasteiger partial charge in [0.25, 0.3) is 0 Å². The van der Waals surface area contributed by atoms with Crippen LogP contribution in [0.25, 0.3) is 0 Å². The Labute approximate surface area is 112 Å². The van der Waals surface area contributed by atoms with Gasteiger partial charge < -0.3 is 14.9 Å². The van der Waals surface area contributed by atoms with Crippen LogP contribution in [0.5, 0.6) is 5.75 Å². The molecule has 0 atom stereocenters. The van der Waals surface area contributed by atoms with E-state index in [2.05, 4.69) is 20.8 Å². The number of nitrogens with two attached hydrogens (primary N) is 1. The van der Waals surface area contributed by atoms with Crippen molar-refractivity contribution < 1.29 is 13.9 Å². The zero-order valence-electron chi connectivity index (χ0n) is 11.3. The third kappa shape index (κ3) is 3.16. The first-order chi connectivity index (χ1) is 8.86. The van der Waals surface area contributed by atoms with E-state index in [1.807, 2.05) is 12.1 Å². The van der Waals surface area contributed by atoms with Crippen LogP contribution in [0.15, 0.2) is 40.8 Å². The molecule has 0 saturated heterocycles. The summed E-state index contributed by atoms with van der Waals surface area (Å²) in [6.45, 7) is 6.37. The van der Waals surface area contributed by atoms with Gasteiger partial charge in [0, 0.05) is 6.07 Å². The Kier molecular flexibility index (Phi) is 3.34. The molecular formula is C15H17NO3. The Bertz CT molecular complexity index is 576. The molecule has 0 saturated carbocycles. The number of rotatable bonds is 2. The summed E-state index contributed by atoms with van der Waals surface area (Å²) in [5.41, 5.74) is 6.65. The molecule has 19 heavy (non-hydrogen) atoms. The standard InChI is InChI=1S/C15H17NO3/c1-15(2,3)10-4-6-11(7-5-10)18-14(17)12-8-9-13(16)19-12/h4-9H,16H2,1-3H3. The van der Waals surface area contributed by atoms with Gasteiger partial charge in [0.15, 0.2) is 5.88 Å². The molecule has 1 aromatic heterocycles. The van der Waals surface area contributed by atoms with Gasteiger partial charge in [-0.1, -0.05) is 32.9 Å². The first-order valence-electron chi connectivity index (χ1n) is 6.04. The van der Waals surface area contributed by atoms with E-state index >= 15 is 0 Å². The molecule has 2 rings (SSSR count). The van der Waals surface area contributed by atoms with Crippen LogP contribution >= 0.6 is 0 Å². The van der Waals surface area contributed by atoms with Gasteiger partial charge in [-0.15, -0.1) is 0 Å². The van der Waals surface area contributed by atoms with Crippen molar-refractivity contribution in [3.05, 3.63) is 47.7 Å². The maximum absolute atomic E-state index is 11.7. The summed E-state index contributed by atoms with van der Waals surface area (Å²) in [5, 5.41) is 0. The molecule has 0 spiro atoms. The second-order valence-corrected chi connectivity index (χ2v) is 5.37. The van der Waals surface area contributed by atoms with Crippen molar-refractivity contribution in [3.8, 4) is 5.75 Å². The van der Waals surface area contributed by atoms with Crippen molar-refractivity contribution in [2.24, 2.45) is 0 Å². The molecular weight excluding hydrogens is 242 g/mol. The van der Waals surface area contributed by atoms with Crippen molar-refractivity contribution in [1.29, 1.82) is 0 Å². The SMILES string of the molecule is CC(C)(C)c1ccc(OC(=O)c2ccc(N)o2)cc1. The Morgan fingerprint density at radius 2 is 1.74 bits per heavy atom. The quantitative estimate of drug-likeness (QED) is 0.663. The maximum atomic E-state index is 11.7. The Morgan fingerprint density at radius 1 is 1.11 bits per heavy atom. The van der Waals surface area contributed by atoms with Crippen molar-refractivity contribution >= 4 is 11.9 Å². The zero-order valence-corrected chi connectivity index (χ0v) is 11.3. The highest BCUT2D eigenvalue weighted by atomic mass is 16.5. The molecule has 0 radical (unpaired) electrons. The summed E-state index contributed by atoms with van der Waals surface area (Å²) in [7, 11) is 0. The van der Waals surface area contributed by atoms with E-state index in [1.54, 1.807) is 12.1 Å². The van der Waals surface area contributed by atoms with Crippen LogP contribution in [0, 0.1) is 0 Å². The number of anilines is 1. The number of benzene rings is 1. The number of furan rings is 1. The zero-order chi connectivity index (χ0) is 14.0. The molecule has 0 aliphatic rings. The molecule has 0 bridgehead atoms. The second kappa shape index (κ2) is 4.80. The van der Waals surface area contributed by atoms with Gasteiger partial charge in [-0.25, -0.2) is 4.79 Å². The number of hydrogen-bond donors (Lipinski definition) is 1. The summed E-state index contributed by atoms with van der Waals surface area (Å²) in [5.74, 6) is 0.209. The van der Waals surface area contributed by atoms with E-state index in [-0.39, 0.29) is 17.1 Å². The molecule has 1 heterocycles. The van der Waals surface area contributed by atoms with Crippen LogP contribution in [-0.2, 0) is 5.41 Å². The summed E-state index contributed by atoms with van der Waals surface area (Å²) in [6.07, 6.45) is 0. The van der Waals surface area contributed by atoms with Gasteiger partial charge in [-0.2, -0.15) is 0 Å². The van der Waals surface area contributed by atoms with Crippen LogP contribution in [0.2, 0.25) is 0 Å². The number of hydrogen-bond acceptors (Lipinski definition) is 4. The maximum Gasteiger partial charge on any atom is 0.379 e. The van der Waals surface area contributed by atoms with Crippen LogP contribution in [0.3, 0.4) is 0 Å². The topological polar surface area (TPSA) is 65.5 Å². The average Bonchev–Trinajstić information content (AvgIpc) is 2.75. The minimum absolute atomic E-state index is 0.0675. The first-order valence-corrected chi connectivity index (χ1v) is 6.04. The third-order valence-corrected chi connectivity index (χ3v) is 2.76. The fraction of sp³-hybridized carbons (Fsp3) is 0.267. The van der Waals surface area contributed by atoms with Crippen molar-refractivity contribution in [1.82, 2.24) is 0 Å². The minimum atomic E-state index is -0.555. The van der Waals surface area contributed by atoms with Crippen molar-refractivity contribution in [2.45, 2.75) is 26.2 Å². The van der Waals surface area contributed by atoms with Crippen LogP contribution in [0.1, 0.15) is 36.9 Å². The second-order valence-electron chi connectivity index (χ2n) is 5.37. The Morgan fingerprint density at radius 3 is 2.21 bits per heavy atom. The highest BCUT2D eigenvalue weighted by Gasteiger charge is 2.15. The lowest BCUT2D eigenvalue weighted by Gasteiger charge is -2.18. The van der Waals surface area contributed by atoms with E-state index in [9.17, 15) is 4.79 Å². The Hall–Kier alpha value is -2.23. The summed E-state index contributed by atoms with van der Waals surface area (Å²) in [4.78, 5) is 11.7. The predicted octanol–water partition coefficient (Wildman–Crippen LogP) is 3.38. The fourth-order valence-corrected chi connectivity index (χ4v) is 1.64. The summed E-state index contributed by atoms with van der Waals surface area (Å²) < 4.78 is 10.2. The first kappa shape index (κ1) is 13.2. The van der Waals surface area contributed by atoms with Gasteiger partial charge in [0.05, 0.1) is 0 Å². The molecule has 2 aromatic rings. The van der Waals surface area contributed by atoms with E-state index in [4.69, 9.17) is 14.9 Å². The predicted molar refractivity (Wildman–Crippen MR) is 73.2 cm³/mol. The largest absolute Gasteiger partial charge is 0.434 e. The molecule has 0 aliphatic carbocycles. The minimum Gasteiger partial charge on any atom is -0.434 e. The Balaban J connectivity index is 2.10.